The molecule has 0 fully saturated rings. The molecule has 0 saturated heterocycles. The Morgan fingerprint density at radius 2 is 2.00 bits per heavy atom. The highest BCUT2D eigenvalue weighted by Crippen LogP contribution is 2.31. The molecule has 24 heavy (non-hydrogen) atoms. The molecule has 1 heterocycles. The number of methoxy groups -OCH3 is 1. The van der Waals surface area contributed by atoms with Crippen LogP contribution >= 0.6 is 0 Å². The fraction of sp³-hybridized carbons (Fsp3) is 0.263. The number of nitrogens with one attached hydrogen (secondary N) is 2. The van der Waals surface area contributed by atoms with E-state index in [1.807, 2.05) is 30.3 Å². The highest BCUT2D eigenvalue weighted by molar-refractivity contribution is 5.83. The van der Waals surface area contributed by atoms with Gasteiger partial charge in [0.1, 0.15) is 17.3 Å². The second-order valence-corrected chi connectivity index (χ2v) is 6.34. The van der Waals surface area contributed by atoms with Crippen molar-refractivity contribution in [3.63, 3.8) is 0 Å². The molecule has 0 aliphatic carbocycles. The molecule has 0 spiro atoms. The maximum absolute atomic E-state index is 9.17. The summed E-state index contributed by atoms with van der Waals surface area (Å²) in [6.45, 7) is 4.98. The molecule has 0 saturated carbocycles. The lowest BCUT2D eigenvalue weighted by atomic mass is 9.84. The zero-order valence-corrected chi connectivity index (χ0v) is 14.1. The minimum atomic E-state index is -0.149. The van der Waals surface area contributed by atoms with Gasteiger partial charge in [-0.25, -0.2) is 4.98 Å². The second-order valence-electron chi connectivity index (χ2n) is 6.34. The third kappa shape index (κ3) is 2.91. The van der Waals surface area contributed by atoms with E-state index >= 15 is 0 Å². The molecule has 2 aromatic carbocycles. The number of rotatable bonds is 5. The largest absolute Gasteiger partial charge is 0.496 e. The van der Waals surface area contributed by atoms with Crippen molar-refractivity contribution >= 4 is 17.0 Å². The molecule has 0 bridgehead atoms. The Bertz CT molecular complexity index is 905. The van der Waals surface area contributed by atoms with E-state index in [0.717, 1.165) is 16.8 Å². The van der Waals surface area contributed by atoms with Crippen LogP contribution in [0.2, 0.25) is 0 Å². The smallest absolute Gasteiger partial charge is 0.201 e. The van der Waals surface area contributed by atoms with Crippen molar-refractivity contribution in [1.82, 2.24) is 9.97 Å². The standard InChI is InChI=1S/C19H20N4O/c1-19(2,14-8-4-5-10-16(14)24-3)12-21-18-22-15-9-6-7-13(11-20)17(15)23-18/h4-10H,12H2,1-3H3,(H2,21,22,23). The Balaban J connectivity index is 1.83. The molecule has 0 amide bonds. The summed E-state index contributed by atoms with van der Waals surface area (Å²) in [7, 11) is 1.69. The monoisotopic (exact) mass is 320 g/mol. The predicted octanol–water partition coefficient (Wildman–Crippen LogP) is 3.83. The number of aromatic amines is 1. The molecule has 5 heteroatoms. The lowest BCUT2D eigenvalue weighted by Gasteiger charge is -2.27. The summed E-state index contributed by atoms with van der Waals surface area (Å²) in [5.41, 5.74) is 3.10. The first kappa shape index (κ1) is 15.9. The zero-order valence-electron chi connectivity index (χ0n) is 14.1. The summed E-state index contributed by atoms with van der Waals surface area (Å²) in [6, 6.07) is 15.7. The van der Waals surface area contributed by atoms with Gasteiger partial charge in [0.2, 0.25) is 5.95 Å². The highest BCUT2D eigenvalue weighted by atomic mass is 16.5. The Hall–Kier alpha value is -3.00. The number of hydrogen-bond acceptors (Lipinski definition) is 4. The summed E-state index contributed by atoms with van der Waals surface area (Å²) in [4.78, 5) is 7.72. The molecule has 0 aliphatic heterocycles. The van der Waals surface area contributed by atoms with E-state index in [1.54, 1.807) is 13.2 Å². The number of nitrogens with zero attached hydrogens (tertiary/aromatic N) is 2. The Morgan fingerprint density at radius 1 is 1.21 bits per heavy atom. The van der Waals surface area contributed by atoms with Crippen LogP contribution in [0.15, 0.2) is 42.5 Å². The molecule has 0 unspecified atom stereocenters. The van der Waals surface area contributed by atoms with Gasteiger partial charge in [0.25, 0.3) is 0 Å². The van der Waals surface area contributed by atoms with Crippen molar-refractivity contribution in [2.75, 3.05) is 19.0 Å². The fourth-order valence-corrected chi connectivity index (χ4v) is 2.81. The average Bonchev–Trinajstić information content (AvgIpc) is 3.03. The van der Waals surface area contributed by atoms with Gasteiger partial charge in [-0.15, -0.1) is 0 Å². The molecule has 0 atom stereocenters. The predicted molar refractivity (Wildman–Crippen MR) is 95.3 cm³/mol. The van der Waals surface area contributed by atoms with Crippen LogP contribution in [-0.4, -0.2) is 23.6 Å². The number of imidazole rings is 1. The van der Waals surface area contributed by atoms with Crippen molar-refractivity contribution in [2.24, 2.45) is 0 Å². The van der Waals surface area contributed by atoms with Crippen LogP contribution < -0.4 is 10.1 Å². The van der Waals surface area contributed by atoms with E-state index in [1.165, 1.54) is 0 Å². The van der Waals surface area contributed by atoms with E-state index in [2.05, 4.69) is 41.3 Å². The quantitative estimate of drug-likeness (QED) is 0.749. The van der Waals surface area contributed by atoms with Gasteiger partial charge in [0.05, 0.1) is 18.2 Å². The maximum atomic E-state index is 9.17. The molecule has 3 rings (SSSR count). The number of aromatic nitrogens is 2. The van der Waals surface area contributed by atoms with Gasteiger partial charge >= 0.3 is 0 Å². The molecule has 0 radical (unpaired) electrons. The molecule has 2 N–H and O–H groups in total. The molecule has 5 nitrogen and oxygen atoms in total. The number of ether oxygens (including phenoxy) is 1. The van der Waals surface area contributed by atoms with Crippen molar-refractivity contribution in [1.29, 1.82) is 5.26 Å². The molecule has 3 aromatic rings. The van der Waals surface area contributed by atoms with E-state index in [-0.39, 0.29) is 5.41 Å². The van der Waals surface area contributed by atoms with Gasteiger partial charge < -0.3 is 15.0 Å². The van der Waals surface area contributed by atoms with Crippen molar-refractivity contribution < 1.29 is 4.74 Å². The van der Waals surface area contributed by atoms with Crippen LogP contribution in [-0.2, 0) is 5.41 Å². The van der Waals surface area contributed by atoms with E-state index < -0.39 is 0 Å². The van der Waals surface area contributed by atoms with Crippen molar-refractivity contribution in [3.8, 4) is 11.8 Å². The number of hydrogen-bond donors (Lipinski definition) is 2. The first-order chi connectivity index (χ1) is 11.5. The second kappa shape index (κ2) is 6.25. The fourth-order valence-electron chi connectivity index (χ4n) is 2.81. The zero-order chi connectivity index (χ0) is 17.2. The minimum Gasteiger partial charge on any atom is -0.496 e. The number of benzene rings is 2. The van der Waals surface area contributed by atoms with Crippen LogP contribution in [0.1, 0.15) is 25.0 Å². The van der Waals surface area contributed by atoms with Gasteiger partial charge in [-0.3, -0.25) is 0 Å². The number of anilines is 1. The summed E-state index contributed by atoms with van der Waals surface area (Å²) in [5.74, 6) is 1.54. The van der Waals surface area contributed by atoms with Crippen LogP contribution in [0.4, 0.5) is 5.95 Å². The van der Waals surface area contributed by atoms with Gasteiger partial charge in [-0.2, -0.15) is 5.26 Å². The van der Waals surface area contributed by atoms with Gasteiger partial charge in [0.15, 0.2) is 0 Å². The van der Waals surface area contributed by atoms with E-state index in [4.69, 9.17) is 4.74 Å². The number of H-pyrrole nitrogens is 1. The van der Waals surface area contributed by atoms with Crippen LogP contribution in [0.5, 0.6) is 5.75 Å². The van der Waals surface area contributed by atoms with Gasteiger partial charge in [-0.1, -0.05) is 38.1 Å². The van der Waals surface area contributed by atoms with E-state index in [9.17, 15) is 5.26 Å². The summed E-state index contributed by atoms with van der Waals surface area (Å²) >= 11 is 0. The molecular formula is C19H20N4O. The normalized spacial score (nSPS) is 11.2. The number of para-hydroxylation sites is 2. The molecule has 0 aliphatic rings. The van der Waals surface area contributed by atoms with E-state index in [0.29, 0.717) is 23.6 Å². The number of fused-ring (bicyclic) bond motifs is 1. The SMILES string of the molecule is COc1ccccc1C(C)(C)CNc1nc2c(C#N)cccc2[nH]1. The summed E-state index contributed by atoms with van der Waals surface area (Å²) in [5, 5.41) is 12.5. The molecule has 1 aromatic heterocycles. The summed E-state index contributed by atoms with van der Waals surface area (Å²) < 4.78 is 5.47. The maximum Gasteiger partial charge on any atom is 0.201 e. The lowest BCUT2D eigenvalue weighted by molar-refractivity contribution is 0.395. The van der Waals surface area contributed by atoms with Crippen molar-refractivity contribution in [3.05, 3.63) is 53.6 Å². The average molecular weight is 320 g/mol. The van der Waals surface area contributed by atoms with Crippen LogP contribution in [0.25, 0.3) is 11.0 Å². The lowest BCUT2D eigenvalue weighted by Crippen LogP contribution is -2.28. The first-order valence-corrected chi connectivity index (χ1v) is 7.81. The highest BCUT2D eigenvalue weighted by Gasteiger charge is 2.24. The van der Waals surface area contributed by atoms with Crippen LogP contribution in [0.3, 0.4) is 0 Å². The minimum absolute atomic E-state index is 0.149. The Morgan fingerprint density at radius 3 is 2.75 bits per heavy atom. The summed E-state index contributed by atoms with van der Waals surface area (Å²) in [6.07, 6.45) is 0. The Kier molecular flexibility index (Phi) is 4.13. The Labute approximate surface area is 141 Å². The topological polar surface area (TPSA) is 73.7 Å². The number of nitriles is 1. The van der Waals surface area contributed by atoms with Gasteiger partial charge in [-0.05, 0) is 18.2 Å². The molecule has 122 valence electrons. The van der Waals surface area contributed by atoms with Crippen molar-refractivity contribution in [2.45, 2.75) is 19.3 Å². The third-order valence-electron chi connectivity index (χ3n) is 4.17. The molecular weight excluding hydrogens is 300 g/mol. The third-order valence-corrected chi connectivity index (χ3v) is 4.17. The first-order valence-electron chi connectivity index (χ1n) is 7.81. The van der Waals surface area contributed by atoms with Gasteiger partial charge in [0, 0.05) is 17.5 Å². The van der Waals surface area contributed by atoms with Crippen LogP contribution in [0, 0.1) is 11.3 Å².